The van der Waals surface area contributed by atoms with Crippen LogP contribution in [0.1, 0.15) is 0 Å². The number of carbonyl (C=O) groups excluding carboxylic acids is 1. The molecule has 0 aliphatic rings. The molecule has 0 bridgehead atoms. The summed E-state index contributed by atoms with van der Waals surface area (Å²) in [5.41, 5.74) is -0.268. The van der Waals surface area contributed by atoms with Crippen molar-refractivity contribution >= 4 is 23.2 Å². The highest BCUT2D eigenvalue weighted by Gasteiger charge is 2.18. The summed E-state index contributed by atoms with van der Waals surface area (Å²) in [6.45, 7) is 0.284. The molecule has 0 N–H and O–H groups in total. The van der Waals surface area contributed by atoms with Crippen molar-refractivity contribution in [3.63, 3.8) is 0 Å². The molecule has 0 atom stereocenters. The van der Waals surface area contributed by atoms with E-state index in [1.807, 2.05) is 0 Å². The summed E-state index contributed by atoms with van der Waals surface area (Å²) in [6, 6.07) is 11.0. The van der Waals surface area contributed by atoms with Gasteiger partial charge in [-0.05, 0) is 36.4 Å². The molecule has 144 valence electrons. The smallest absolute Gasteiger partial charge is 0.314 e. The molecule has 9 heteroatoms. The van der Waals surface area contributed by atoms with Crippen LogP contribution in [-0.4, -0.2) is 49.6 Å². The maximum Gasteiger partial charge on any atom is 0.314 e. The number of nitrogens with zero attached hydrogens (tertiary/aromatic N) is 2. The maximum absolute atomic E-state index is 12.1. The van der Waals surface area contributed by atoms with E-state index in [0.29, 0.717) is 23.1 Å². The summed E-state index contributed by atoms with van der Waals surface area (Å²) in [6.07, 6.45) is 0. The molecule has 0 saturated heterocycles. The molecule has 0 saturated carbocycles. The number of nitro benzene ring substituents is 1. The number of likely N-dealkylation sites (N-methyl/N-ethyl adjacent to an activating group) is 1. The molecule has 0 heterocycles. The van der Waals surface area contributed by atoms with E-state index >= 15 is 0 Å². The van der Waals surface area contributed by atoms with Crippen LogP contribution in [0, 0.1) is 10.1 Å². The Morgan fingerprint density at radius 3 is 2.44 bits per heavy atom. The van der Waals surface area contributed by atoms with Crippen LogP contribution in [0.15, 0.2) is 42.5 Å². The van der Waals surface area contributed by atoms with Crippen LogP contribution in [0.5, 0.6) is 17.2 Å². The molecular formula is C18H19ClN2O6. The summed E-state index contributed by atoms with van der Waals surface area (Å²) in [7, 11) is 3.00. The number of amides is 1. The fourth-order valence-electron chi connectivity index (χ4n) is 2.09. The Hall–Kier alpha value is -3.00. The molecule has 8 nitrogen and oxygen atoms in total. The van der Waals surface area contributed by atoms with Crippen molar-refractivity contribution in [2.75, 3.05) is 33.9 Å². The van der Waals surface area contributed by atoms with E-state index in [1.165, 1.54) is 30.2 Å². The number of benzene rings is 2. The Kier molecular flexibility index (Phi) is 7.25. The van der Waals surface area contributed by atoms with Crippen LogP contribution in [0.4, 0.5) is 5.69 Å². The standard InChI is InChI=1S/C18H19ClN2O6/c1-20(9-10-26-14-5-3-13(19)4-6-14)18(22)12-27-17-8-7-15(25-2)11-16(17)21(23)24/h3-8,11H,9-10,12H2,1-2H3. The Morgan fingerprint density at radius 1 is 1.15 bits per heavy atom. The minimum atomic E-state index is -0.591. The van der Waals surface area contributed by atoms with E-state index in [-0.39, 0.29) is 30.6 Å². The van der Waals surface area contributed by atoms with Crippen LogP contribution < -0.4 is 14.2 Å². The number of hydrogen-bond acceptors (Lipinski definition) is 6. The lowest BCUT2D eigenvalue weighted by molar-refractivity contribution is -0.385. The molecule has 1 amide bonds. The molecule has 0 fully saturated rings. The zero-order valence-electron chi connectivity index (χ0n) is 14.9. The number of rotatable bonds is 9. The van der Waals surface area contributed by atoms with Gasteiger partial charge in [-0.1, -0.05) is 11.6 Å². The quantitative estimate of drug-likeness (QED) is 0.479. The Labute approximate surface area is 161 Å². The third kappa shape index (κ3) is 6.03. The summed E-state index contributed by atoms with van der Waals surface area (Å²) in [4.78, 5) is 24.1. The molecule has 0 aromatic heterocycles. The van der Waals surface area contributed by atoms with Crippen molar-refractivity contribution in [3.8, 4) is 17.2 Å². The van der Waals surface area contributed by atoms with Gasteiger partial charge in [-0.25, -0.2) is 0 Å². The van der Waals surface area contributed by atoms with Crippen LogP contribution in [-0.2, 0) is 4.79 Å². The van der Waals surface area contributed by atoms with Crippen LogP contribution in [0.25, 0.3) is 0 Å². The first-order valence-corrected chi connectivity index (χ1v) is 8.36. The first-order valence-electron chi connectivity index (χ1n) is 7.98. The molecule has 0 aliphatic heterocycles. The first-order chi connectivity index (χ1) is 12.9. The van der Waals surface area contributed by atoms with Crippen LogP contribution in [0.2, 0.25) is 5.02 Å². The van der Waals surface area contributed by atoms with Gasteiger partial charge in [-0.15, -0.1) is 0 Å². The lowest BCUT2D eigenvalue weighted by Gasteiger charge is -2.18. The molecule has 0 unspecified atom stereocenters. The fourth-order valence-corrected chi connectivity index (χ4v) is 2.22. The van der Waals surface area contributed by atoms with Crippen molar-refractivity contribution in [2.45, 2.75) is 0 Å². The van der Waals surface area contributed by atoms with E-state index in [4.69, 9.17) is 25.8 Å². The van der Waals surface area contributed by atoms with Gasteiger partial charge in [0.2, 0.25) is 0 Å². The minimum Gasteiger partial charge on any atom is -0.496 e. The zero-order chi connectivity index (χ0) is 19.8. The van der Waals surface area contributed by atoms with Crippen LogP contribution >= 0.6 is 11.6 Å². The lowest BCUT2D eigenvalue weighted by Crippen LogP contribution is -2.34. The molecular weight excluding hydrogens is 376 g/mol. The maximum atomic E-state index is 12.1. The minimum absolute atomic E-state index is 0.0000331. The van der Waals surface area contributed by atoms with Gasteiger partial charge < -0.3 is 19.1 Å². The monoisotopic (exact) mass is 394 g/mol. The number of carbonyl (C=O) groups is 1. The van der Waals surface area contributed by atoms with Gasteiger partial charge in [0.1, 0.15) is 18.1 Å². The van der Waals surface area contributed by atoms with E-state index in [1.54, 1.807) is 31.3 Å². The predicted octanol–water partition coefficient (Wildman–Crippen LogP) is 3.17. The van der Waals surface area contributed by atoms with Gasteiger partial charge in [0, 0.05) is 12.1 Å². The highest BCUT2D eigenvalue weighted by atomic mass is 35.5. The highest BCUT2D eigenvalue weighted by Crippen LogP contribution is 2.30. The molecule has 2 rings (SSSR count). The number of nitro groups is 1. The number of methoxy groups -OCH3 is 1. The average Bonchev–Trinajstić information content (AvgIpc) is 2.67. The Balaban J connectivity index is 1.84. The van der Waals surface area contributed by atoms with Crippen LogP contribution in [0.3, 0.4) is 0 Å². The third-order valence-corrected chi connectivity index (χ3v) is 3.90. The zero-order valence-corrected chi connectivity index (χ0v) is 15.6. The largest absolute Gasteiger partial charge is 0.496 e. The fraction of sp³-hybridized carbons (Fsp3) is 0.278. The molecule has 0 radical (unpaired) electrons. The van der Waals surface area contributed by atoms with Gasteiger partial charge in [-0.2, -0.15) is 0 Å². The SMILES string of the molecule is COc1ccc(OCC(=O)N(C)CCOc2ccc(Cl)cc2)c([N+](=O)[O-])c1. The van der Waals surface area contributed by atoms with Gasteiger partial charge in [0.15, 0.2) is 12.4 Å². The molecule has 0 aliphatic carbocycles. The molecule has 27 heavy (non-hydrogen) atoms. The summed E-state index contributed by atoms with van der Waals surface area (Å²) >= 11 is 5.80. The third-order valence-electron chi connectivity index (χ3n) is 3.65. The van der Waals surface area contributed by atoms with E-state index in [0.717, 1.165) is 0 Å². The van der Waals surface area contributed by atoms with Crippen molar-refractivity contribution in [1.82, 2.24) is 4.90 Å². The van der Waals surface area contributed by atoms with E-state index in [2.05, 4.69) is 0 Å². The second-order valence-corrected chi connectivity index (χ2v) is 5.93. The highest BCUT2D eigenvalue weighted by molar-refractivity contribution is 6.30. The van der Waals surface area contributed by atoms with Crippen molar-refractivity contribution in [3.05, 3.63) is 57.6 Å². The second-order valence-electron chi connectivity index (χ2n) is 5.50. The van der Waals surface area contributed by atoms with Gasteiger partial charge in [0.05, 0.1) is 24.6 Å². The normalized spacial score (nSPS) is 10.2. The molecule has 2 aromatic rings. The van der Waals surface area contributed by atoms with Gasteiger partial charge >= 0.3 is 5.69 Å². The number of hydrogen-bond donors (Lipinski definition) is 0. The number of halogens is 1. The number of ether oxygens (including phenoxy) is 3. The van der Waals surface area contributed by atoms with Crippen molar-refractivity contribution in [1.29, 1.82) is 0 Å². The summed E-state index contributed by atoms with van der Waals surface area (Å²) in [5, 5.41) is 11.7. The van der Waals surface area contributed by atoms with Gasteiger partial charge in [0.25, 0.3) is 5.91 Å². The lowest BCUT2D eigenvalue weighted by atomic mass is 10.3. The Morgan fingerprint density at radius 2 is 1.81 bits per heavy atom. The Bertz CT molecular complexity index is 797. The van der Waals surface area contributed by atoms with Crippen molar-refractivity contribution < 1.29 is 23.9 Å². The summed E-state index contributed by atoms with van der Waals surface area (Å²) in [5.74, 6) is 0.641. The predicted molar refractivity (Wildman–Crippen MR) is 99.7 cm³/mol. The molecule has 0 spiro atoms. The second kappa shape index (κ2) is 9.63. The first kappa shape index (κ1) is 20.3. The summed E-state index contributed by atoms with van der Waals surface area (Å²) < 4.78 is 15.8. The molecule has 2 aromatic carbocycles. The van der Waals surface area contributed by atoms with Gasteiger partial charge in [-0.3, -0.25) is 14.9 Å². The van der Waals surface area contributed by atoms with E-state index < -0.39 is 4.92 Å². The topological polar surface area (TPSA) is 91.1 Å². The van der Waals surface area contributed by atoms with Crippen molar-refractivity contribution in [2.24, 2.45) is 0 Å². The average molecular weight is 395 g/mol. The van der Waals surface area contributed by atoms with E-state index in [9.17, 15) is 14.9 Å².